The van der Waals surface area contributed by atoms with Crippen LogP contribution in [0.3, 0.4) is 0 Å². The number of benzene rings is 1. The number of carbonyl (C=O) groups is 1. The fourth-order valence-corrected chi connectivity index (χ4v) is 3.56. The highest BCUT2D eigenvalue weighted by Crippen LogP contribution is 2.39. The van der Waals surface area contributed by atoms with Crippen molar-refractivity contribution in [2.75, 3.05) is 5.32 Å². The van der Waals surface area contributed by atoms with Gasteiger partial charge >= 0.3 is 0 Å². The number of nitrogens with one attached hydrogen (secondary N) is 1. The lowest BCUT2D eigenvalue weighted by molar-refractivity contribution is -0.115. The van der Waals surface area contributed by atoms with Crippen molar-refractivity contribution < 1.29 is 4.79 Å². The summed E-state index contributed by atoms with van der Waals surface area (Å²) in [6, 6.07) is 8.56. The number of aryl methyl sites for hydroxylation is 1. The number of nitrogens with zero attached hydrogens (tertiary/aromatic N) is 3. The number of hydrogen-bond acceptors (Lipinski definition) is 4. The number of aromatic nitrogens is 3. The Labute approximate surface area is 147 Å². The van der Waals surface area contributed by atoms with Gasteiger partial charge in [0.2, 0.25) is 5.91 Å². The molecule has 6 heteroatoms. The van der Waals surface area contributed by atoms with Crippen LogP contribution in [-0.2, 0) is 4.79 Å². The van der Waals surface area contributed by atoms with Crippen molar-refractivity contribution in [1.82, 2.24) is 14.8 Å². The van der Waals surface area contributed by atoms with Gasteiger partial charge in [-0.1, -0.05) is 37.7 Å². The first-order valence-corrected chi connectivity index (χ1v) is 9.32. The summed E-state index contributed by atoms with van der Waals surface area (Å²) >= 11 is 1.47. The van der Waals surface area contributed by atoms with Crippen molar-refractivity contribution in [1.29, 1.82) is 0 Å². The molecule has 1 fully saturated rings. The van der Waals surface area contributed by atoms with Crippen molar-refractivity contribution in [3.63, 3.8) is 0 Å². The predicted octanol–water partition coefficient (Wildman–Crippen LogP) is 4.16. The molecular formula is C18H24N4OS. The third-order valence-electron chi connectivity index (χ3n) is 4.24. The summed E-state index contributed by atoms with van der Waals surface area (Å²) in [6.45, 7) is 8.19. The molecule has 1 heterocycles. The quantitative estimate of drug-likeness (QED) is 0.799. The highest BCUT2D eigenvalue weighted by atomic mass is 32.2. The molecule has 1 aromatic heterocycles. The van der Waals surface area contributed by atoms with Gasteiger partial charge in [-0.05, 0) is 50.3 Å². The Bertz CT molecular complexity index is 719. The van der Waals surface area contributed by atoms with E-state index in [0.29, 0.717) is 12.0 Å². The van der Waals surface area contributed by atoms with Crippen LogP contribution in [0.2, 0.25) is 0 Å². The Hall–Kier alpha value is -1.82. The first-order valence-electron chi connectivity index (χ1n) is 8.44. The molecule has 1 aliphatic carbocycles. The number of hydrogen-bond donors (Lipinski definition) is 1. The zero-order valence-electron chi connectivity index (χ0n) is 14.6. The fraction of sp³-hybridized carbons (Fsp3) is 0.500. The van der Waals surface area contributed by atoms with Gasteiger partial charge in [-0.25, -0.2) is 0 Å². The lowest BCUT2D eigenvalue weighted by Crippen LogP contribution is -2.23. The predicted molar refractivity (Wildman–Crippen MR) is 97.5 cm³/mol. The molecule has 1 N–H and O–H groups in total. The van der Waals surface area contributed by atoms with E-state index in [1.165, 1.54) is 30.2 Å². The van der Waals surface area contributed by atoms with Crippen LogP contribution >= 0.6 is 11.8 Å². The third kappa shape index (κ3) is 3.80. The second kappa shape index (κ2) is 6.97. The Kier molecular flexibility index (Phi) is 4.94. The summed E-state index contributed by atoms with van der Waals surface area (Å²) in [7, 11) is 0. The van der Waals surface area contributed by atoms with E-state index < -0.39 is 0 Å². The van der Waals surface area contributed by atoms with Crippen LogP contribution in [0.4, 0.5) is 5.69 Å². The number of anilines is 1. The summed E-state index contributed by atoms with van der Waals surface area (Å²) in [4.78, 5) is 12.4. The first kappa shape index (κ1) is 17.0. The molecular weight excluding hydrogens is 320 g/mol. The van der Waals surface area contributed by atoms with Crippen LogP contribution in [0.5, 0.6) is 0 Å². The molecule has 128 valence electrons. The largest absolute Gasteiger partial charge is 0.325 e. The molecule has 1 aliphatic rings. The summed E-state index contributed by atoms with van der Waals surface area (Å²) < 4.78 is 2.16. The maximum atomic E-state index is 12.4. The van der Waals surface area contributed by atoms with Crippen molar-refractivity contribution in [2.45, 2.75) is 62.9 Å². The van der Waals surface area contributed by atoms with Crippen LogP contribution in [0.25, 0.3) is 0 Å². The van der Waals surface area contributed by atoms with Crippen molar-refractivity contribution in [2.24, 2.45) is 0 Å². The second-order valence-electron chi connectivity index (χ2n) is 6.66. The third-order valence-corrected chi connectivity index (χ3v) is 5.30. The highest BCUT2D eigenvalue weighted by molar-refractivity contribution is 8.00. The van der Waals surface area contributed by atoms with Gasteiger partial charge in [-0.2, -0.15) is 0 Å². The van der Waals surface area contributed by atoms with Crippen molar-refractivity contribution >= 4 is 23.4 Å². The second-order valence-corrected chi connectivity index (χ2v) is 7.96. The Morgan fingerprint density at radius 2 is 1.88 bits per heavy atom. The van der Waals surface area contributed by atoms with Crippen LogP contribution in [0.1, 0.15) is 57.0 Å². The summed E-state index contributed by atoms with van der Waals surface area (Å²) in [5.41, 5.74) is 2.10. The summed E-state index contributed by atoms with van der Waals surface area (Å²) in [6.07, 6.45) is 2.35. The van der Waals surface area contributed by atoms with Crippen molar-refractivity contribution in [3.8, 4) is 0 Å². The maximum absolute atomic E-state index is 12.4. The van der Waals surface area contributed by atoms with E-state index in [2.05, 4.69) is 46.1 Å². The van der Waals surface area contributed by atoms with Gasteiger partial charge in [-0.15, -0.1) is 10.2 Å². The molecule has 0 aliphatic heterocycles. The first-order chi connectivity index (χ1) is 11.5. The SMILES string of the molecule is Cc1nnc(S[C@H](C)C(=O)Nc2ccc(C(C)C)cc2)n1C1CC1. The molecule has 0 spiro atoms. The normalized spacial score (nSPS) is 15.5. The molecule has 1 amide bonds. The Balaban J connectivity index is 1.62. The van der Waals surface area contributed by atoms with E-state index in [-0.39, 0.29) is 11.2 Å². The van der Waals surface area contributed by atoms with Gasteiger partial charge in [-0.3, -0.25) is 4.79 Å². The molecule has 1 aromatic carbocycles. The van der Waals surface area contributed by atoms with E-state index in [1.807, 2.05) is 26.0 Å². The number of amides is 1. The minimum atomic E-state index is -0.226. The molecule has 0 bridgehead atoms. The number of thioether (sulfide) groups is 1. The fourth-order valence-electron chi connectivity index (χ4n) is 2.59. The number of carbonyl (C=O) groups excluding carboxylic acids is 1. The molecule has 24 heavy (non-hydrogen) atoms. The average molecular weight is 344 g/mol. The van der Waals surface area contributed by atoms with Gasteiger partial charge in [0.1, 0.15) is 5.82 Å². The van der Waals surface area contributed by atoms with E-state index in [0.717, 1.165) is 16.7 Å². The summed E-state index contributed by atoms with van der Waals surface area (Å²) in [5.74, 6) is 1.40. The minimum absolute atomic E-state index is 0.0136. The van der Waals surface area contributed by atoms with E-state index in [9.17, 15) is 4.79 Å². The van der Waals surface area contributed by atoms with E-state index in [4.69, 9.17) is 0 Å². The van der Waals surface area contributed by atoms with Crippen molar-refractivity contribution in [3.05, 3.63) is 35.7 Å². The topological polar surface area (TPSA) is 59.8 Å². The molecule has 1 saturated carbocycles. The van der Waals surface area contributed by atoms with E-state index >= 15 is 0 Å². The van der Waals surface area contributed by atoms with Gasteiger partial charge in [0.25, 0.3) is 0 Å². The van der Waals surface area contributed by atoms with E-state index in [1.54, 1.807) is 0 Å². The van der Waals surface area contributed by atoms with Crippen LogP contribution in [0.15, 0.2) is 29.4 Å². The average Bonchev–Trinajstić information content (AvgIpc) is 3.32. The highest BCUT2D eigenvalue weighted by Gasteiger charge is 2.29. The molecule has 0 unspecified atom stereocenters. The van der Waals surface area contributed by atoms with Gasteiger partial charge in [0.15, 0.2) is 5.16 Å². The molecule has 2 aromatic rings. The molecule has 0 saturated heterocycles. The lowest BCUT2D eigenvalue weighted by atomic mass is 10.0. The van der Waals surface area contributed by atoms with Crippen LogP contribution < -0.4 is 5.32 Å². The van der Waals surface area contributed by atoms with Gasteiger partial charge in [0.05, 0.1) is 5.25 Å². The van der Waals surface area contributed by atoms with Crippen LogP contribution in [-0.4, -0.2) is 25.9 Å². The minimum Gasteiger partial charge on any atom is -0.325 e. The van der Waals surface area contributed by atoms with Crippen LogP contribution in [0, 0.1) is 6.92 Å². The zero-order chi connectivity index (χ0) is 17.3. The lowest BCUT2D eigenvalue weighted by Gasteiger charge is -2.13. The van der Waals surface area contributed by atoms with Gasteiger partial charge < -0.3 is 9.88 Å². The smallest absolute Gasteiger partial charge is 0.237 e. The monoisotopic (exact) mass is 344 g/mol. The molecule has 1 atom stereocenters. The Morgan fingerprint density at radius 3 is 2.46 bits per heavy atom. The Morgan fingerprint density at radius 1 is 1.21 bits per heavy atom. The maximum Gasteiger partial charge on any atom is 0.237 e. The van der Waals surface area contributed by atoms with Gasteiger partial charge in [0, 0.05) is 11.7 Å². The zero-order valence-corrected chi connectivity index (χ0v) is 15.4. The number of rotatable bonds is 6. The summed E-state index contributed by atoms with van der Waals surface area (Å²) in [5, 5.41) is 12.0. The molecule has 3 rings (SSSR count). The molecule has 0 radical (unpaired) electrons. The molecule has 5 nitrogen and oxygen atoms in total. The standard InChI is InChI=1S/C18H24N4OS/c1-11(2)14-5-7-15(8-6-14)19-17(23)12(3)24-18-21-20-13(4)22(18)16-9-10-16/h5-8,11-12,16H,9-10H2,1-4H3,(H,19,23)/t12-/m1/s1.